The molecular formula is C9H18N2O. The van der Waals surface area contributed by atoms with Crippen molar-refractivity contribution in [1.82, 2.24) is 4.90 Å². The topological polar surface area (TPSA) is 32.7 Å². The summed E-state index contributed by atoms with van der Waals surface area (Å²) in [5.74, 6) is 0. The average molecular weight is 170 g/mol. The van der Waals surface area contributed by atoms with Crippen LogP contribution in [0.1, 0.15) is 32.6 Å². The molecule has 0 aliphatic carbocycles. The number of carbonyl (C=O) groups is 1. The van der Waals surface area contributed by atoms with E-state index < -0.39 is 0 Å². The van der Waals surface area contributed by atoms with Crippen LogP contribution in [-0.4, -0.2) is 31.2 Å². The number of hydrogen-bond donors (Lipinski definition) is 0. The number of carbonyl (C=O) groups excluding carboxylic acids is 1. The predicted octanol–water partition coefficient (Wildman–Crippen LogP) is 2.32. The van der Waals surface area contributed by atoms with Crippen molar-refractivity contribution in [1.29, 1.82) is 0 Å². The minimum absolute atomic E-state index is 0.175. The summed E-state index contributed by atoms with van der Waals surface area (Å²) >= 11 is 0. The Kier molecular flexibility index (Phi) is 6.34. The van der Waals surface area contributed by atoms with Gasteiger partial charge < -0.3 is 4.90 Å². The fourth-order valence-electron chi connectivity index (χ4n) is 0.744. The maximum Gasteiger partial charge on any atom is 0.342 e. The van der Waals surface area contributed by atoms with E-state index in [2.05, 4.69) is 11.9 Å². The van der Waals surface area contributed by atoms with Gasteiger partial charge in [0.2, 0.25) is 0 Å². The van der Waals surface area contributed by atoms with Gasteiger partial charge in [-0.2, -0.15) is 0 Å². The molecule has 0 saturated carbocycles. The summed E-state index contributed by atoms with van der Waals surface area (Å²) in [5.41, 5.74) is 0. The standard InChI is InChI=1S/C9H18N2O/c1-4-5-6-7-8-10-9(12)11(2)3/h8H,4-7H2,1-3H3. The highest BCUT2D eigenvalue weighted by molar-refractivity contribution is 5.83. The zero-order valence-electron chi connectivity index (χ0n) is 8.21. The van der Waals surface area contributed by atoms with Crippen LogP contribution >= 0.6 is 0 Å². The summed E-state index contributed by atoms with van der Waals surface area (Å²) in [6, 6.07) is -0.175. The lowest BCUT2D eigenvalue weighted by atomic mass is 10.2. The third-order valence-corrected chi connectivity index (χ3v) is 1.52. The van der Waals surface area contributed by atoms with E-state index in [1.165, 1.54) is 17.7 Å². The third-order valence-electron chi connectivity index (χ3n) is 1.52. The second-order valence-corrected chi connectivity index (χ2v) is 2.98. The van der Waals surface area contributed by atoms with Crippen molar-refractivity contribution in [3.05, 3.63) is 0 Å². The highest BCUT2D eigenvalue weighted by Gasteiger charge is 1.96. The third kappa shape index (κ3) is 5.89. The van der Waals surface area contributed by atoms with Crippen molar-refractivity contribution < 1.29 is 4.79 Å². The first-order valence-corrected chi connectivity index (χ1v) is 4.42. The second kappa shape index (κ2) is 6.83. The van der Waals surface area contributed by atoms with E-state index in [0.29, 0.717) is 0 Å². The lowest BCUT2D eigenvalue weighted by molar-refractivity contribution is 0.227. The van der Waals surface area contributed by atoms with Crippen LogP contribution in [-0.2, 0) is 0 Å². The van der Waals surface area contributed by atoms with Gasteiger partial charge >= 0.3 is 6.03 Å². The lowest BCUT2D eigenvalue weighted by Crippen LogP contribution is -2.17. The Morgan fingerprint density at radius 2 is 2.08 bits per heavy atom. The van der Waals surface area contributed by atoms with E-state index >= 15 is 0 Å². The molecule has 0 spiro atoms. The number of amides is 2. The van der Waals surface area contributed by atoms with E-state index in [9.17, 15) is 4.79 Å². The Morgan fingerprint density at radius 1 is 1.42 bits per heavy atom. The number of hydrogen-bond acceptors (Lipinski definition) is 1. The van der Waals surface area contributed by atoms with Gasteiger partial charge in [0.25, 0.3) is 0 Å². The Morgan fingerprint density at radius 3 is 2.58 bits per heavy atom. The molecule has 0 unspecified atom stereocenters. The first-order valence-electron chi connectivity index (χ1n) is 4.42. The molecule has 0 fully saturated rings. The number of urea groups is 1. The fourth-order valence-corrected chi connectivity index (χ4v) is 0.744. The van der Waals surface area contributed by atoms with Crippen LogP contribution in [0.25, 0.3) is 0 Å². The van der Waals surface area contributed by atoms with Crippen molar-refractivity contribution >= 4 is 12.2 Å². The van der Waals surface area contributed by atoms with Crippen molar-refractivity contribution in [2.75, 3.05) is 14.1 Å². The second-order valence-electron chi connectivity index (χ2n) is 2.98. The van der Waals surface area contributed by atoms with E-state index in [1.54, 1.807) is 20.3 Å². The van der Waals surface area contributed by atoms with Crippen LogP contribution in [0.5, 0.6) is 0 Å². The molecule has 70 valence electrons. The fraction of sp³-hybridized carbons (Fsp3) is 0.778. The van der Waals surface area contributed by atoms with E-state index in [-0.39, 0.29) is 6.03 Å². The Labute approximate surface area is 74.5 Å². The maximum atomic E-state index is 10.9. The van der Waals surface area contributed by atoms with Gasteiger partial charge in [0.1, 0.15) is 0 Å². The molecule has 0 aliphatic heterocycles. The van der Waals surface area contributed by atoms with Gasteiger partial charge in [-0.1, -0.05) is 19.8 Å². The van der Waals surface area contributed by atoms with Gasteiger partial charge in [-0.15, -0.1) is 0 Å². The quantitative estimate of drug-likeness (QED) is 0.470. The van der Waals surface area contributed by atoms with Gasteiger partial charge in [0.15, 0.2) is 0 Å². The van der Waals surface area contributed by atoms with Gasteiger partial charge in [0, 0.05) is 20.3 Å². The first-order chi connectivity index (χ1) is 5.68. The monoisotopic (exact) mass is 170 g/mol. The number of aliphatic imine (C=N–C) groups is 1. The van der Waals surface area contributed by atoms with Gasteiger partial charge in [-0.3, -0.25) is 0 Å². The van der Waals surface area contributed by atoms with Crippen LogP contribution in [0.2, 0.25) is 0 Å². The van der Waals surface area contributed by atoms with Crippen LogP contribution in [0.3, 0.4) is 0 Å². The minimum Gasteiger partial charge on any atom is -0.329 e. The summed E-state index contributed by atoms with van der Waals surface area (Å²) in [4.78, 5) is 16.1. The zero-order valence-corrected chi connectivity index (χ0v) is 8.21. The molecule has 0 aromatic carbocycles. The van der Waals surface area contributed by atoms with Gasteiger partial charge in [-0.05, 0) is 12.8 Å². The summed E-state index contributed by atoms with van der Waals surface area (Å²) in [6.45, 7) is 2.15. The number of nitrogens with zero attached hydrogens (tertiary/aromatic N) is 2. The normalized spacial score (nSPS) is 10.6. The van der Waals surface area contributed by atoms with E-state index in [4.69, 9.17) is 0 Å². The molecule has 0 bridgehead atoms. The SMILES string of the molecule is CCCCCC=NC(=O)N(C)C. The van der Waals surface area contributed by atoms with Crippen molar-refractivity contribution in [2.24, 2.45) is 4.99 Å². The van der Waals surface area contributed by atoms with Gasteiger partial charge in [-0.25, -0.2) is 9.79 Å². The molecule has 0 atom stereocenters. The first kappa shape index (κ1) is 11.1. The molecule has 3 heteroatoms. The van der Waals surface area contributed by atoms with Crippen LogP contribution in [0.15, 0.2) is 4.99 Å². The molecule has 2 amide bonds. The molecular weight excluding hydrogens is 152 g/mol. The summed E-state index contributed by atoms with van der Waals surface area (Å²) < 4.78 is 0. The molecule has 0 aliphatic rings. The average Bonchev–Trinajstić information content (AvgIpc) is 2.03. The lowest BCUT2D eigenvalue weighted by Gasteiger charge is -2.03. The summed E-state index contributed by atoms with van der Waals surface area (Å²) in [7, 11) is 3.40. The predicted molar refractivity (Wildman–Crippen MR) is 51.7 cm³/mol. The molecule has 0 heterocycles. The zero-order chi connectivity index (χ0) is 9.40. The Balaban J connectivity index is 3.42. The summed E-state index contributed by atoms with van der Waals surface area (Å²) in [6.07, 6.45) is 6.16. The van der Waals surface area contributed by atoms with E-state index in [0.717, 1.165) is 12.8 Å². The number of unbranched alkanes of at least 4 members (excludes halogenated alkanes) is 3. The molecule has 3 nitrogen and oxygen atoms in total. The highest BCUT2D eigenvalue weighted by atomic mass is 16.2. The summed E-state index contributed by atoms with van der Waals surface area (Å²) in [5, 5.41) is 0. The van der Waals surface area contributed by atoms with Crippen molar-refractivity contribution in [3.8, 4) is 0 Å². The van der Waals surface area contributed by atoms with Crippen LogP contribution in [0.4, 0.5) is 4.79 Å². The largest absolute Gasteiger partial charge is 0.342 e. The van der Waals surface area contributed by atoms with Crippen LogP contribution < -0.4 is 0 Å². The molecule has 0 radical (unpaired) electrons. The smallest absolute Gasteiger partial charge is 0.329 e. The molecule has 0 aromatic heterocycles. The maximum absolute atomic E-state index is 10.9. The van der Waals surface area contributed by atoms with Crippen molar-refractivity contribution in [2.45, 2.75) is 32.6 Å². The van der Waals surface area contributed by atoms with Crippen molar-refractivity contribution in [3.63, 3.8) is 0 Å². The minimum atomic E-state index is -0.175. The van der Waals surface area contributed by atoms with Gasteiger partial charge in [0.05, 0.1) is 0 Å². The molecule has 12 heavy (non-hydrogen) atoms. The molecule has 0 rings (SSSR count). The number of rotatable bonds is 4. The Bertz CT molecular complexity index is 153. The molecule has 0 N–H and O–H groups in total. The van der Waals surface area contributed by atoms with E-state index in [1.807, 2.05) is 0 Å². The highest BCUT2D eigenvalue weighted by Crippen LogP contribution is 1.96. The molecule has 0 aromatic rings. The molecule has 0 saturated heterocycles. The van der Waals surface area contributed by atoms with Crippen LogP contribution in [0, 0.1) is 0 Å². The Hall–Kier alpha value is -0.860.